The standard InChI is InChI=1S/C11H18N4O/c1-3-10(11(12)15-16)14-8(2)9-5-4-6-13-7-9/h4-8,10,14,16H,3H2,1-2H3,(H2,12,15). The smallest absolute Gasteiger partial charge is 0.156 e. The molecule has 1 rings (SSSR count). The molecule has 88 valence electrons. The summed E-state index contributed by atoms with van der Waals surface area (Å²) in [6.45, 7) is 4.00. The maximum absolute atomic E-state index is 8.63. The van der Waals surface area contributed by atoms with Gasteiger partial charge < -0.3 is 16.3 Å². The Morgan fingerprint density at radius 3 is 2.94 bits per heavy atom. The van der Waals surface area contributed by atoms with E-state index < -0.39 is 0 Å². The molecule has 0 aliphatic rings. The Balaban J connectivity index is 2.66. The van der Waals surface area contributed by atoms with Crippen molar-refractivity contribution in [2.75, 3.05) is 0 Å². The number of oxime groups is 1. The SMILES string of the molecule is CCC(NC(C)c1cccnc1)C(N)=NO. The van der Waals surface area contributed by atoms with Crippen molar-refractivity contribution in [2.45, 2.75) is 32.4 Å². The lowest BCUT2D eigenvalue weighted by Crippen LogP contribution is -2.42. The summed E-state index contributed by atoms with van der Waals surface area (Å²) in [6, 6.07) is 3.86. The van der Waals surface area contributed by atoms with Crippen molar-refractivity contribution < 1.29 is 5.21 Å². The average Bonchev–Trinajstić information content (AvgIpc) is 2.35. The fourth-order valence-electron chi connectivity index (χ4n) is 1.51. The molecular formula is C11H18N4O. The minimum atomic E-state index is -0.125. The first-order valence-electron chi connectivity index (χ1n) is 5.32. The van der Waals surface area contributed by atoms with E-state index in [0.717, 1.165) is 12.0 Å². The Kier molecular flexibility index (Phi) is 4.72. The van der Waals surface area contributed by atoms with Crippen LogP contribution in [0.3, 0.4) is 0 Å². The van der Waals surface area contributed by atoms with Gasteiger partial charge in [0.05, 0.1) is 6.04 Å². The number of pyridine rings is 1. The van der Waals surface area contributed by atoms with Crippen molar-refractivity contribution in [1.82, 2.24) is 10.3 Å². The second-order valence-corrected chi connectivity index (χ2v) is 3.66. The first-order chi connectivity index (χ1) is 7.69. The number of hydrogen-bond donors (Lipinski definition) is 3. The lowest BCUT2D eigenvalue weighted by Gasteiger charge is -2.21. The van der Waals surface area contributed by atoms with Gasteiger partial charge in [-0.25, -0.2) is 0 Å². The molecule has 0 spiro atoms. The van der Waals surface area contributed by atoms with Gasteiger partial charge in [-0.15, -0.1) is 0 Å². The number of nitrogens with one attached hydrogen (secondary N) is 1. The molecule has 0 fully saturated rings. The van der Waals surface area contributed by atoms with Gasteiger partial charge >= 0.3 is 0 Å². The third kappa shape index (κ3) is 3.20. The molecule has 5 nitrogen and oxygen atoms in total. The van der Waals surface area contributed by atoms with Gasteiger partial charge in [0, 0.05) is 18.4 Å². The van der Waals surface area contributed by atoms with Gasteiger partial charge in [0.1, 0.15) is 0 Å². The second-order valence-electron chi connectivity index (χ2n) is 3.66. The highest BCUT2D eigenvalue weighted by molar-refractivity contribution is 5.85. The van der Waals surface area contributed by atoms with Crippen LogP contribution < -0.4 is 11.1 Å². The number of nitrogens with two attached hydrogens (primary N) is 1. The van der Waals surface area contributed by atoms with E-state index in [1.807, 2.05) is 26.0 Å². The maximum Gasteiger partial charge on any atom is 0.156 e. The summed E-state index contributed by atoms with van der Waals surface area (Å²) < 4.78 is 0. The predicted octanol–water partition coefficient (Wildman–Crippen LogP) is 1.26. The highest BCUT2D eigenvalue weighted by Crippen LogP contribution is 2.11. The number of aromatic nitrogens is 1. The van der Waals surface area contributed by atoms with E-state index in [1.54, 1.807) is 12.4 Å². The molecule has 0 saturated carbocycles. The zero-order chi connectivity index (χ0) is 12.0. The molecule has 0 bridgehead atoms. The Morgan fingerprint density at radius 2 is 2.44 bits per heavy atom. The van der Waals surface area contributed by atoms with Gasteiger partial charge in [-0.2, -0.15) is 0 Å². The molecule has 0 amide bonds. The van der Waals surface area contributed by atoms with Gasteiger partial charge in [0.15, 0.2) is 5.84 Å². The number of amidine groups is 1. The maximum atomic E-state index is 8.63. The first-order valence-corrected chi connectivity index (χ1v) is 5.32. The Morgan fingerprint density at radius 1 is 1.69 bits per heavy atom. The van der Waals surface area contributed by atoms with Crippen LogP contribution >= 0.6 is 0 Å². The summed E-state index contributed by atoms with van der Waals surface area (Å²) in [6.07, 6.45) is 4.30. The molecule has 0 aromatic carbocycles. The van der Waals surface area contributed by atoms with Gasteiger partial charge in [0.25, 0.3) is 0 Å². The zero-order valence-corrected chi connectivity index (χ0v) is 9.59. The van der Waals surface area contributed by atoms with E-state index >= 15 is 0 Å². The van der Waals surface area contributed by atoms with E-state index in [1.165, 1.54) is 0 Å². The van der Waals surface area contributed by atoms with Crippen molar-refractivity contribution in [2.24, 2.45) is 10.9 Å². The number of hydrogen-bond acceptors (Lipinski definition) is 4. The predicted molar refractivity (Wildman–Crippen MR) is 63.3 cm³/mol. The summed E-state index contributed by atoms with van der Waals surface area (Å²) in [4.78, 5) is 4.05. The summed E-state index contributed by atoms with van der Waals surface area (Å²) in [5, 5.41) is 14.9. The molecule has 2 unspecified atom stereocenters. The van der Waals surface area contributed by atoms with Crippen molar-refractivity contribution >= 4 is 5.84 Å². The molecule has 4 N–H and O–H groups in total. The number of rotatable bonds is 5. The minimum Gasteiger partial charge on any atom is -0.409 e. The van der Waals surface area contributed by atoms with E-state index in [4.69, 9.17) is 10.9 Å². The van der Waals surface area contributed by atoms with Crippen LogP contribution in [-0.2, 0) is 0 Å². The lowest BCUT2D eigenvalue weighted by atomic mass is 10.1. The Hall–Kier alpha value is -1.62. The third-order valence-electron chi connectivity index (χ3n) is 2.52. The molecule has 0 saturated heterocycles. The molecule has 0 aliphatic carbocycles. The largest absolute Gasteiger partial charge is 0.409 e. The fourth-order valence-corrected chi connectivity index (χ4v) is 1.51. The minimum absolute atomic E-state index is 0.110. The van der Waals surface area contributed by atoms with E-state index in [0.29, 0.717) is 0 Å². The van der Waals surface area contributed by atoms with Gasteiger partial charge in [-0.05, 0) is 25.0 Å². The van der Waals surface area contributed by atoms with Crippen LogP contribution in [0, 0.1) is 0 Å². The van der Waals surface area contributed by atoms with Crippen LogP contribution in [0.25, 0.3) is 0 Å². The van der Waals surface area contributed by atoms with Crippen molar-refractivity contribution in [3.63, 3.8) is 0 Å². The van der Waals surface area contributed by atoms with Gasteiger partial charge in [0.2, 0.25) is 0 Å². The molecule has 1 aromatic rings. The van der Waals surface area contributed by atoms with Crippen LogP contribution in [0.5, 0.6) is 0 Å². The summed E-state index contributed by atoms with van der Waals surface area (Å²) >= 11 is 0. The topological polar surface area (TPSA) is 83.5 Å². The normalized spacial score (nSPS) is 15.8. The van der Waals surface area contributed by atoms with Gasteiger partial charge in [-0.1, -0.05) is 18.1 Å². The molecule has 2 atom stereocenters. The summed E-state index contributed by atoms with van der Waals surface area (Å²) in [7, 11) is 0. The van der Waals surface area contributed by atoms with Crippen molar-refractivity contribution in [1.29, 1.82) is 0 Å². The summed E-state index contributed by atoms with van der Waals surface area (Å²) in [5.74, 6) is 0.207. The van der Waals surface area contributed by atoms with E-state index in [2.05, 4.69) is 15.5 Å². The number of nitrogens with zero attached hydrogens (tertiary/aromatic N) is 2. The van der Waals surface area contributed by atoms with Crippen LogP contribution in [0.1, 0.15) is 31.9 Å². The Bertz CT molecular complexity index is 339. The van der Waals surface area contributed by atoms with Crippen LogP contribution in [-0.4, -0.2) is 22.1 Å². The lowest BCUT2D eigenvalue weighted by molar-refractivity contribution is 0.313. The molecule has 1 heterocycles. The quantitative estimate of drug-likeness (QED) is 0.303. The van der Waals surface area contributed by atoms with Crippen molar-refractivity contribution in [3.8, 4) is 0 Å². The fraction of sp³-hybridized carbons (Fsp3) is 0.455. The molecule has 0 aliphatic heterocycles. The highest BCUT2D eigenvalue weighted by Gasteiger charge is 2.15. The molecule has 1 aromatic heterocycles. The average molecular weight is 222 g/mol. The molecule has 16 heavy (non-hydrogen) atoms. The van der Waals surface area contributed by atoms with E-state index in [-0.39, 0.29) is 17.9 Å². The zero-order valence-electron chi connectivity index (χ0n) is 9.59. The molecule has 5 heteroatoms. The van der Waals surface area contributed by atoms with Crippen molar-refractivity contribution in [3.05, 3.63) is 30.1 Å². The molecular weight excluding hydrogens is 204 g/mol. The Labute approximate surface area is 95.4 Å². The first kappa shape index (κ1) is 12.4. The second kappa shape index (κ2) is 6.07. The highest BCUT2D eigenvalue weighted by atomic mass is 16.4. The van der Waals surface area contributed by atoms with Crippen LogP contribution in [0.15, 0.2) is 29.7 Å². The van der Waals surface area contributed by atoms with Gasteiger partial charge in [-0.3, -0.25) is 4.98 Å². The third-order valence-corrected chi connectivity index (χ3v) is 2.52. The monoisotopic (exact) mass is 222 g/mol. The van der Waals surface area contributed by atoms with Crippen LogP contribution in [0.2, 0.25) is 0 Å². The van der Waals surface area contributed by atoms with E-state index in [9.17, 15) is 0 Å². The molecule has 0 radical (unpaired) electrons. The summed E-state index contributed by atoms with van der Waals surface area (Å²) in [5.41, 5.74) is 6.65. The van der Waals surface area contributed by atoms with Crippen LogP contribution in [0.4, 0.5) is 0 Å².